The molecular weight excluding hydrogens is 929 g/mol. The second kappa shape index (κ2) is 28.5. The highest BCUT2D eigenvalue weighted by Crippen LogP contribution is 2.20. The summed E-state index contributed by atoms with van der Waals surface area (Å²) >= 11 is 7.99. The second-order valence-electron chi connectivity index (χ2n) is 16.8. The number of imidazole rings is 2. The molecule has 1 saturated heterocycles. The summed E-state index contributed by atoms with van der Waals surface area (Å²) < 4.78 is 0. The van der Waals surface area contributed by atoms with Crippen molar-refractivity contribution in [3.05, 3.63) is 36.4 Å². The number of carboxylic acids is 1. The van der Waals surface area contributed by atoms with Crippen molar-refractivity contribution >= 4 is 78.5 Å². The van der Waals surface area contributed by atoms with Gasteiger partial charge in [0.05, 0.1) is 25.3 Å². The Morgan fingerprint density at radius 3 is 1.76 bits per heavy atom. The predicted octanol–water partition coefficient (Wildman–Crippen LogP) is -4.24. The molecule has 0 saturated carbocycles. The van der Waals surface area contributed by atoms with Crippen LogP contribution in [0.5, 0.6) is 0 Å². The summed E-state index contributed by atoms with van der Waals surface area (Å²) in [7, 11) is 0. The minimum atomic E-state index is -1.58. The molecule has 0 spiro atoms. The maximum atomic E-state index is 14.1. The average Bonchev–Trinajstić information content (AvgIpc) is 4.13. The zero-order valence-electron chi connectivity index (χ0n) is 38.2. The Morgan fingerprint density at radius 1 is 0.721 bits per heavy atom. The molecule has 0 unspecified atom stereocenters. The molecule has 9 atom stereocenters. The van der Waals surface area contributed by atoms with Crippen LogP contribution in [0.3, 0.4) is 0 Å². The quantitative estimate of drug-likeness (QED) is 0.0271. The van der Waals surface area contributed by atoms with Crippen molar-refractivity contribution in [3.8, 4) is 0 Å². The Morgan fingerprint density at radius 2 is 1.25 bits per heavy atom. The lowest BCUT2D eigenvalue weighted by Crippen LogP contribution is -2.61. The summed E-state index contributed by atoms with van der Waals surface area (Å²) in [5, 5.41) is 37.8. The second-order valence-corrected chi connectivity index (χ2v) is 17.5. The van der Waals surface area contributed by atoms with Crippen LogP contribution < -0.4 is 48.7 Å². The molecule has 0 radical (unpaired) electrons. The highest BCUT2D eigenvalue weighted by molar-refractivity contribution is 7.80. The number of carboxylic acid groups (broad SMARTS) is 1. The Balaban J connectivity index is 1.79. The van der Waals surface area contributed by atoms with E-state index in [9.17, 15) is 53.4 Å². The third-order valence-corrected chi connectivity index (χ3v) is 11.6. The lowest BCUT2D eigenvalue weighted by atomic mass is 10.0. The molecule has 0 aromatic carbocycles. The molecule has 1 fully saturated rings. The van der Waals surface area contributed by atoms with E-state index in [-0.39, 0.29) is 56.1 Å². The van der Waals surface area contributed by atoms with E-state index in [4.69, 9.17) is 11.5 Å². The zero-order chi connectivity index (χ0) is 50.5. The summed E-state index contributed by atoms with van der Waals surface area (Å²) in [4.78, 5) is 135. The van der Waals surface area contributed by atoms with Gasteiger partial charge < -0.3 is 73.8 Å². The number of aliphatic hydroxyl groups is 1. The molecule has 1 aliphatic rings. The first kappa shape index (κ1) is 56.6. The first-order chi connectivity index (χ1) is 32.3. The zero-order valence-corrected chi connectivity index (χ0v) is 40.0. The van der Waals surface area contributed by atoms with Crippen molar-refractivity contribution in [2.45, 2.75) is 127 Å². The molecule has 8 amide bonds. The fourth-order valence-electron chi connectivity index (χ4n) is 7.11. The molecule has 0 aliphatic carbocycles. The van der Waals surface area contributed by atoms with Crippen molar-refractivity contribution < 1.29 is 53.4 Å². The van der Waals surface area contributed by atoms with Gasteiger partial charge in [-0.1, -0.05) is 13.8 Å². The predicted molar refractivity (Wildman–Crippen MR) is 251 cm³/mol. The van der Waals surface area contributed by atoms with Crippen molar-refractivity contribution in [2.24, 2.45) is 17.4 Å². The Kier molecular flexibility index (Phi) is 23.7. The van der Waals surface area contributed by atoms with E-state index >= 15 is 0 Å². The normalized spacial score (nSPS) is 17.0. The number of amides is 8. The number of unbranched alkanes of at least 4 members (excludes halogenated alkanes) is 1. The topological polar surface area (TPSA) is 391 Å². The monoisotopic (exact) mass is 994 g/mol. The SMILES string of the molecule is CC(C)C[C@H](NC(=O)[C@H](Cc1cnc[nH]1)NC(=O)[C@H](C)NC(=O)[C@@H](N)CS)C(=O)N[C@@H](CO)C(=O)N1CCC[C@H]1C(=O)N[C@@H](Cc1cnc[nH]1)C(=O)N[C@@H](CCCCN)C(=O)N[C@@H](CS)C(=O)O. The number of nitrogens with one attached hydrogen (secondary N) is 9. The van der Waals surface area contributed by atoms with Crippen molar-refractivity contribution in [1.29, 1.82) is 0 Å². The van der Waals surface area contributed by atoms with Gasteiger partial charge >= 0.3 is 5.97 Å². The van der Waals surface area contributed by atoms with E-state index in [1.54, 1.807) is 13.8 Å². The van der Waals surface area contributed by atoms with Crippen LogP contribution in [0.4, 0.5) is 0 Å². The maximum absolute atomic E-state index is 14.1. The van der Waals surface area contributed by atoms with Gasteiger partial charge in [0.25, 0.3) is 0 Å². The third-order valence-electron chi connectivity index (χ3n) is 10.9. The molecular formula is C41H66N14O11S2. The average molecular weight is 995 g/mol. The lowest BCUT2D eigenvalue weighted by molar-refractivity contribution is -0.143. The summed E-state index contributed by atoms with van der Waals surface area (Å²) in [5.41, 5.74) is 12.2. The van der Waals surface area contributed by atoms with Crippen LogP contribution in [0, 0.1) is 5.92 Å². The van der Waals surface area contributed by atoms with Crippen molar-refractivity contribution in [2.75, 3.05) is 31.2 Å². The van der Waals surface area contributed by atoms with Crippen molar-refractivity contribution in [1.82, 2.24) is 62.1 Å². The Hall–Kier alpha value is -5.77. The van der Waals surface area contributed by atoms with Crippen molar-refractivity contribution in [3.63, 3.8) is 0 Å². The number of rotatable bonds is 29. The van der Waals surface area contributed by atoms with E-state index in [0.29, 0.717) is 37.2 Å². The number of aromatic nitrogens is 4. The molecule has 15 N–H and O–H groups in total. The van der Waals surface area contributed by atoms with Gasteiger partial charge in [0.15, 0.2) is 0 Å². The standard InChI is InChI=1S/C41H66N14O11S2/c1-21(2)11-27(51-38(62)28(12-23-14-44-19-46-23)50-33(57)22(3)48-34(58)25(43)17-67)36(60)53-30(16-56)40(64)55-10-6-8-32(55)39(63)52-29(13-24-15-45-20-47-24)37(61)49-26(7-4-5-9-42)35(59)54-31(18-68)41(65)66/h14-15,19-22,25-32,56,67-68H,4-13,16-18,42-43H2,1-3H3,(H,44,46)(H,45,47)(H,48,58)(H,49,61)(H,50,57)(H,51,62)(H,52,63)(H,53,60)(H,54,59)(H,65,66)/t22-,25-,26-,27-,28-,29-,30-,31-,32-/m0/s1. The van der Waals surface area contributed by atoms with E-state index in [1.165, 1.54) is 36.9 Å². The number of hydrogen-bond acceptors (Lipinski definition) is 16. The van der Waals surface area contributed by atoms with Crippen LogP contribution in [0.15, 0.2) is 25.0 Å². The van der Waals surface area contributed by atoms with Crippen LogP contribution in [0.25, 0.3) is 0 Å². The van der Waals surface area contributed by atoms with E-state index < -0.39 is 114 Å². The summed E-state index contributed by atoms with van der Waals surface area (Å²) in [6, 6.07) is -11.3. The van der Waals surface area contributed by atoms with Crippen LogP contribution in [-0.4, -0.2) is 174 Å². The van der Waals surface area contributed by atoms with Gasteiger partial charge in [-0.05, 0) is 57.9 Å². The number of nitrogens with two attached hydrogens (primary N) is 2. The number of nitrogens with zero attached hydrogens (tertiary/aromatic N) is 3. The van der Waals surface area contributed by atoms with Gasteiger partial charge in [-0.15, -0.1) is 0 Å². The van der Waals surface area contributed by atoms with Gasteiger partial charge in [0.2, 0.25) is 47.3 Å². The van der Waals surface area contributed by atoms with E-state index in [0.717, 1.165) is 0 Å². The number of likely N-dealkylation sites (tertiary alicyclic amines) is 1. The van der Waals surface area contributed by atoms with E-state index in [1.807, 2.05) is 0 Å². The smallest absolute Gasteiger partial charge is 0.327 e. The molecule has 3 heterocycles. The highest BCUT2D eigenvalue weighted by atomic mass is 32.1. The molecule has 25 nitrogen and oxygen atoms in total. The Labute approximate surface area is 404 Å². The molecule has 3 rings (SSSR count). The fourth-order valence-corrected chi connectivity index (χ4v) is 7.53. The lowest BCUT2D eigenvalue weighted by Gasteiger charge is -2.30. The summed E-state index contributed by atoms with van der Waals surface area (Å²) in [6.45, 7) is 4.41. The molecule has 378 valence electrons. The van der Waals surface area contributed by atoms with Gasteiger partial charge in [0, 0.05) is 54.7 Å². The minimum Gasteiger partial charge on any atom is -0.480 e. The summed E-state index contributed by atoms with van der Waals surface area (Å²) in [6.07, 6.45) is 6.91. The minimum absolute atomic E-state index is 0.0219. The first-order valence-corrected chi connectivity index (χ1v) is 23.5. The summed E-state index contributed by atoms with van der Waals surface area (Å²) in [5.74, 6) is -7.88. The van der Waals surface area contributed by atoms with E-state index in [2.05, 4.69) is 82.4 Å². The maximum Gasteiger partial charge on any atom is 0.327 e. The molecule has 2 aromatic heterocycles. The number of carbonyl (C=O) groups excluding carboxylic acids is 8. The fraction of sp³-hybridized carbons (Fsp3) is 0.634. The number of hydrogen-bond donors (Lipinski definition) is 15. The van der Waals surface area contributed by atoms with Crippen LogP contribution in [-0.2, 0) is 56.0 Å². The first-order valence-electron chi connectivity index (χ1n) is 22.2. The van der Waals surface area contributed by atoms with Gasteiger partial charge in [-0.2, -0.15) is 25.3 Å². The van der Waals surface area contributed by atoms with Crippen LogP contribution in [0.1, 0.15) is 70.7 Å². The number of H-pyrrole nitrogens is 2. The van der Waals surface area contributed by atoms with Crippen LogP contribution in [0.2, 0.25) is 0 Å². The molecule has 2 aromatic rings. The highest BCUT2D eigenvalue weighted by Gasteiger charge is 2.40. The molecule has 27 heteroatoms. The number of carbonyl (C=O) groups is 9. The third kappa shape index (κ3) is 17.7. The van der Waals surface area contributed by atoms with Crippen LogP contribution >= 0.6 is 25.3 Å². The van der Waals surface area contributed by atoms with Gasteiger partial charge in [-0.3, -0.25) is 38.4 Å². The number of aliphatic carboxylic acids is 1. The number of aromatic amines is 2. The van der Waals surface area contributed by atoms with Gasteiger partial charge in [-0.25, -0.2) is 14.8 Å². The Bertz CT molecular complexity index is 1990. The molecule has 0 bridgehead atoms. The molecule has 1 aliphatic heterocycles. The number of aliphatic hydroxyl groups excluding tert-OH is 1. The largest absolute Gasteiger partial charge is 0.480 e. The molecule has 68 heavy (non-hydrogen) atoms. The number of thiol groups is 2. The van der Waals surface area contributed by atoms with Gasteiger partial charge in [0.1, 0.15) is 48.3 Å².